The highest BCUT2D eigenvalue weighted by atomic mass is 35.5. The molecule has 0 aliphatic rings. The number of hydrogen-bond acceptors (Lipinski definition) is 4. The molecule has 8 heteroatoms. The number of nitrogens with one attached hydrogen (secondary N) is 1. The van der Waals surface area contributed by atoms with Crippen molar-refractivity contribution in [3.05, 3.63) is 88.9 Å². The molecule has 0 unspecified atom stereocenters. The Kier molecular flexibility index (Phi) is 8.36. The van der Waals surface area contributed by atoms with Crippen LogP contribution in [0.2, 0.25) is 5.02 Å². The van der Waals surface area contributed by atoms with E-state index in [1.165, 1.54) is 0 Å². The van der Waals surface area contributed by atoms with E-state index >= 15 is 0 Å². The largest absolute Gasteiger partial charge is 0.497 e. The molecular formula is C25H27ClN2O4S. The lowest BCUT2D eigenvalue weighted by Crippen LogP contribution is -2.41. The van der Waals surface area contributed by atoms with Gasteiger partial charge in [-0.2, -0.15) is 0 Å². The molecule has 3 rings (SSSR count). The second-order valence-corrected chi connectivity index (χ2v) is 9.90. The van der Waals surface area contributed by atoms with Crippen molar-refractivity contribution in [1.82, 2.24) is 5.32 Å². The molecule has 174 valence electrons. The number of amides is 1. The molecule has 0 aliphatic carbocycles. The van der Waals surface area contributed by atoms with Gasteiger partial charge in [-0.1, -0.05) is 41.4 Å². The van der Waals surface area contributed by atoms with Gasteiger partial charge in [-0.3, -0.25) is 9.10 Å². The number of anilines is 1. The van der Waals surface area contributed by atoms with Gasteiger partial charge in [0.15, 0.2) is 0 Å². The fourth-order valence-electron chi connectivity index (χ4n) is 3.29. The summed E-state index contributed by atoms with van der Waals surface area (Å²) in [5, 5.41) is 3.30. The number of sulfonamides is 1. The van der Waals surface area contributed by atoms with E-state index in [9.17, 15) is 13.2 Å². The van der Waals surface area contributed by atoms with Gasteiger partial charge in [0, 0.05) is 11.6 Å². The molecule has 0 aromatic heterocycles. The molecule has 1 N–H and O–H groups in total. The Labute approximate surface area is 200 Å². The summed E-state index contributed by atoms with van der Waals surface area (Å²) in [4.78, 5) is 12.8. The highest BCUT2D eigenvalue weighted by Crippen LogP contribution is 2.25. The Morgan fingerprint density at radius 1 is 1.03 bits per heavy atom. The maximum absolute atomic E-state index is 13.3. The number of aryl methyl sites for hydroxylation is 2. The molecule has 0 spiro atoms. The quantitative estimate of drug-likeness (QED) is 0.425. The Hall–Kier alpha value is -3.03. The molecule has 6 nitrogen and oxygen atoms in total. The number of benzene rings is 3. The summed E-state index contributed by atoms with van der Waals surface area (Å²) in [6.45, 7) is 1.97. The van der Waals surface area contributed by atoms with Crippen LogP contribution in [0.5, 0.6) is 5.75 Å². The number of halogens is 1. The number of carbonyl (C=O) groups is 1. The van der Waals surface area contributed by atoms with Crippen molar-refractivity contribution in [3.63, 3.8) is 0 Å². The highest BCUT2D eigenvalue weighted by Gasteiger charge is 2.27. The van der Waals surface area contributed by atoms with E-state index < -0.39 is 10.0 Å². The van der Waals surface area contributed by atoms with Crippen molar-refractivity contribution in [2.45, 2.75) is 24.7 Å². The third kappa shape index (κ3) is 6.73. The predicted octanol–water partition coefficient (Wildman–Crippen LogP) is 4.60. The van der Waals surface area contributed by atoms with Gasteiger partial charge < -0.3 is 10.1 Å². The van der Waals surface area contributed by atoms with Gasteiger partial charge in [0.1, 0.15) is 12.3 Å². The van der Waals surface area contributed by atoms with E-state index in [2.05, 4.69) is 5.32 Å². The molecule has 0 atom stereocenters. The molecule has 3 aromatic rings. The molecule has 0 aliphatic heterocycles. The minimum Gasteiger partial charge on any atom is -0.497 e. The number of nitrogens with zero attached hydrogens (tertiary/aromatic N) is 1. The van der Waals surface area contributed by atoms with E-state index in [0.717, 1.165) is 27.6 Å². The van der Waals surface area contributed by atoms with Gasteiger partial charge in [0.2, 0.25) is 5.91 Å². The summed E-state index contributed by atoms with van der Waals surface area (Å²) in [6, 6.07) is 20.7. The number of methoxy groups -OCH3 is 1. The summed E-state index contributed by atoms with van der Waals surface area (Å²) in [5.74, 6) is 0.405. The molecule has 0 fully saturated rings. The Morgan fingerprint density at radius 2 is 1.73 bits per heavy atom. The second-order valence-electron chi connectivity index (χ2n) is 7.61. The van der Waals surface area contributed by atoms with Crippen LogP contribution in [0.4, 0.5) is 5.69 Å². The summed E-state index contributed by atoms with van der Waals surface area (Å²) in [5.41, 5.74) is 2.42. The van der Waals surface area contributed by atoms with Gasteiger partial charge in [-0.15, -0.1) is 0 Å². The second kappa shape index (κ2) is 11.2. The molecule has 0 saturated heterocycles. The third-order valence-electron chi connectivity index (χ3n) is 5.11. The molecule has 33 heavy (non-hydrogen) atoms. The first-order chi connectivity index (χ1) is 15.8. The average molecular weight is 487 g/mol. The summed E-state index contributed by atoms with van der Waals surface area (Å²) >= 11 is 5.97. The van der Waals surface area contributed by atoms with Crippen LogP contribution in [-0.4, -0.2) is 34.5 Å². The molecule has 0 saturated carbocycles. The molecule has 1 amide bonds. The zero-order valence-corrected chi connectivity index (χ0v) is 20.2. The van der Waals surface area contributed by atoms with Crippen LogP contribution in [0.3, 0.4) is 0 Å². The molecular weight excluding hydrogens is 460 g/mol. The Balaban J connectivity index is 1.68. The van der Waals surface area contributed by atoms with Crippen LogP contribution in [0.1, 0.15) is 17.5 Å². The van der Waals surface area contributed by atoms with Gasteiger partial charge in [-0.05, 0) is 73.9 Å². The van der Waals surface area contributed by atoms with Crippen molar-refractivity contribution in [3.8, 4) is 5.75 Å². The monoisotopic (exact) mass is 486 g/mol. The van der Waals surface area contributed by atoms with Crippen LogP contribution >= 0.6 is 11.6 Å². The van der Waals surface area contributed by atoms with Gasteiger partial charge in [-0.25, -0.2) is 8.42 Å². The van der Waals surface area contributed by atoms with Gasteiger partial charge >= 0.3 is 0 Å². The molecule has 0 radical (unpaired) electrons. The minimum atomic E-state index is -3.94. The predicted molar refractivity (Wildman–Crippen MR) is 131 cm³/mol. The van der Waals surface area contributed by atoms with Gasteiger partial charge in [0.05, 0.1) is 17.7 Å². The summed E-state index contributed by atoms with van der Waals surface area (Å²) in [6.07, 6.45) is 1.48. The van der Waals surface area contributed by atoms with E-state index in [1.807, 2.05) is 31.2 Å². The van der Waals surface area contributed by atoms with E-state index in [0.29, 0.717) is 23.7 Å². The highest BCUT2D eigenvalue weighted by molar-refractivity contribution is 7.92. The number of rotatable bonds is 10. The maximum atomic E-state index is 13.3. The smallest absolute Gasteiger partial charge is 0.264 e. The lowest BCUT2D eigenvalue weighted by Gasteiger charge is -2.24. The fraction of sp³-hybridized carbons (Fsp3) is 0.240. The van der Waals surface area contributed by atoms with Crippen molar-refractivity contribution < 1.29 is 17.9 Å². The lowest BCUT2D eigenvalue weighted by atomic mass is 10.1. The minimum absolute atomic E-state index is 0.119. The first-order valence-corrected chi connectivity index (χ1v) is 12.4. The van der Waals surface area contributed by atoms with Crippen LogP contribution in [0, 0.1) is 6.92 Å². The zero-order chi connectivity index (χ0) is 23.8. The Bertz CT molecular complexity index is 1180. The molecule has 0 heterocycles. The van der Waals surface area contributed by atoms with Crippen molar-refractivity contribution in [2.24, 2.45) is 0 Å². The summed E-state index contributed by atoms with van der Waals surface area (Å²) < 4.78 is 33.0. The van der Waals surface area contributed by atoms with Crippen LogP contribution < -0.4 is 14.4 Å². The van der Waals surface area contributed by atoms with Gasteiger partial charge in [0.25, 0.3) is 10.0 Å². The molecule has 3 aromatic carbocycles. The maximum Gasteiger partial charge on any atom is 0.264 e. The SMILES string of the molecule is COc1cccc(CCCNC(=O)CN(c2ccc(Cl)cc2)S(=O)(=O)c2ccc(C)cc2)c1. The normalized spacial score (nSPS) is 11.1. The first-order valence-electron chi connectivity index (χ1n) is 10.5. The topological polar surface area (TPSA) is 75.7 Å². The van der Waals surface area contributed by atoms with Crippen LogP contribution in [0.25, 0.3) is 0 Å². The van der Waals surface area contributed by atoms with Crippen molar-refractivity contribution >= 4 is 33.2 Å². The number of ether oxygens (including phenoxy) is 1. The number of carbonyl (C=O) groups excluding carboxylic acids is 1. The van der Waals surface area contributed by atoms with E-state index in [-0.39, 0.29) is 17.3 Å². The lowest BCUT2D eigenvalue weighted by molar-refractivity contribution is -0.119. The van der Waals surface area contributed by atoms with Crippen LogP contribution in [0.15, 0.2) is 77.7 Å². The molecule has 0 bridgehead atoms. The third-order valence-corrected chi connectivity index (χ3v) is 7.15. The van der Waals surface area contributed by atoms with Crippen LogP contribution in [-0.2, 0) is 21.2 Å². The first kappa shape index (κ1) is 24.6. The Morgan fingerprint density at radius 3 is 2.39 bits per heavy atom. The van der Waals surface area contributed by atoms with Crippen molar-refractivity contribution in [2.75, 3.05) is 24.5 Å². The summed E-state index contributed by atoms with van der Waals surface area (Å²) in [7, 11) is -2.32. The van der Waals surface area contributed by atoms with E-state index in [1.54, 1.807) is 55.6 Å². The average Bonchev–Trinajstić information content (AvgIpc) is 2.81. The van der Waals surface area contributed by atoms with Crippen molar-refractivity contribution in [1.29, 1.82) is 0 Å². The zero-order valence-electron chi connectivity index (χ0n) is 18.6. The number of hydrogen-bond donors (Lipinski definition) is 1. The standard InChI is InChI=1S/C25H27ClN2O4S/c1-19-8-14-24(15-9-19)33(30,31)28(22-12-10-21(26)11-13-22)18-25(29)27-16-4-6-20-5-3-7-23(17-20)32-2/h3,5,7-15,17H,4,6,16,18H2,1-2H3,(H,27,29). The fourth-order valence-corrected chi connectivity index (χ4v) is 4.84. The van der Waals surface area contributed by atoms with E-state index in [4.69, 9.17) is 16.3 Å².